The minimum Gasteiger partial charge on any atom is -0.456 e. The van der Waals surface area contributed by atoms with Crippen molar-refractivity contribution >= 4 is 116 Å². The fraction of sp³-hybridized carbons (Fsp3) is 0.176. The highest BCUT2D eigenvalue weighted by atomic mass is 32.1. The van der Waals surface area contributed by atoms with E-state index in [9.17, 15) is 0 Å². The van der Waals surface area contributed by atoms with E-state index < -0.39 is 0 Å². The molecule has 0 saturated heterocycles. The zero-order valence-corrected chi connectivity index (χ0v) is 44.2. The molecule has 15 rings (SSSR count). The first-order chi connectivity index (χ1) is 35.6. The topological polar surface area (TPSA) is 34.5 Å². The summed E-state index contributed by atoms with van der Waals surface area (Å²) in [6.45, 7) is 20.4. The van der Waals surface area contributed by atoms with Crippen LogP contribution < -0.4 is 15.7 Å². The van der Waals surface area contributed by atoms with Crippen molar-refractivity contribution in [3.8, 4) is 38.4 Å². The largest absolute Gasteiger partial charge is 0.456 e. The molecule has 0 spiro atoms. The lowest BCUT2D eigenvalue weighted by atomic mass is 9.43. The van der Waals surface area contributed by atoms with E-state index in [4.69, 9.17) is 8.83 Å². The number of para-hydroxylation sites is 1. The van der Waals surface area contributed by atoms with Crippen LogP contribution in [0.3, 0.4) is 0 Å². The summed E-state index contributed by atoms with van der Waals surface area (Å²) in [5, 5.41) is 8.27. The van der Waals surface area contributed by atoms with Gasteiger partial charge >= 0.3 is 6.85 Å². The lowest BCUT2D eigenvalue weighted by molar-refractivity contribution is 0.587. The molecule has 0 fully saturated rings. The van der Waals surface area contributed by atoms with Gasteiger partial charge in [0.1, 0.15) is 22.3 Å². The molecule has 6 heteroatoms. The summed E-state index contributed by atoms with van der Waals surface area (Å²) in [5.41, 5.74) is 21.8. The molecule has 6 heterocycles. The molecule has 0 N–H and O–H groups in total. The first-order valence-corrected chi connectivity index (χ1v) is 27.0. The number of hydrogen-bond donors (Lipinski definition) is 0. The fourth-order valence-electron chi connectivity index (χ4n) is 12.7. The lowest BCUT2D eigenvalue weighted by Gasteiger charge is -2.42. The Morgan fingerprint density at radius 3 is 1.84 bits per heavy atom. The summed E-state index contributed by atoms with van der Waals surface area (Å²) in [6, 6.07) is 64.0. The molecule has 4 nitrogen and oxygen atoms in total. The monoisotopic (exact) mass is 974 g/mol. The van der Waals surface area contributed by atoms with Crippen LogP contribution in [0, 0.1) is 0 Å². The van der Waals surface area contributed by atoms with Gasteiger partial charge in [-0.3, -0.25) is 0 Å². The Balaban J connectivity index is 1.16. The third kappa shape index (κ3) is 6.09. The highest BCUT2D eigenvalue weighted by Gasteiger charge is 2.47. The van der Waals surface area contributed by atoms with E-state index in [0.717, 1.165) is 61.0 Å². The molecule has 4 aromatic heterocycles. The molecular formula is C68H55BN2O2S. The second kappa shape index (κ2) is 14.9. The number of thiophene rings is 1. The Kier molecular flexibility index (Phi) is 8.82. The highest BCUT2D eigenvalue weighted by Crippen LogP contribution is 2.54. The van der Waals surface area contributed by atoms with Crippen molar-refractivity contribution < 1.29 is 8.83 Å². The molecule has 2 aliphatic heterocycles. The first kappa shape index (κ1) is 43.8. The number of benzene rings is 9. The average molecular weight is 975 g/mol. The van der Waals surface area contributed by atoms with Gasteiger partial charge in [0, 0.05) is 87.1 Å². The van der Waals surface area contributed by atoms with Gasteiger partial charge in [0.05, 0.1) is 11.0 Å². The van der Waals surface area contributed by atoms with Crippen molar-refractivity contribution in [1.29, 1.82) is 0 Å². The third-order valence-electron chi connectivity index (χ3n) is 16.4. The molecule has 2 aliphatic rings. The zero-order chi connectivity index (χ0) is 50.3. The van der Waals surface area contributed by atoms with Gasteiger partial charge in [0.15, 0.2) is 0 Å². The molecule has 0 unspecified atom stereocenters. The summed E-state index contributed by atoms with van der Waals surface area (Å²) >= 11 is 1.90. The zero-order valence-electron chi connectivity index (χ0n) is 43.4. The lowest BCUT2D eigenvalue weighted by Crippen LogP contribution is -2.60. The number of aromatic nitrogens is 1. The van der Waals surface area contributed by atoms with Gasteiger partial charge in [-0.25, -0.2) is 0 Å². The first-order valence-electron chi connectivity index (χ1n) is 26.2. The molecular weight excluding hydrogens is 920 g/mol. The van der Waals surface area contributed by atoms with E-state index in [1.54, 1.807) is 0 Å². The van der Waals surface area contributed by atoms with E-state index in [1.807, 2.05) is 11.3 Å². The molecule has 0 bridgehead atoms. The van der Waals surface area contributed by atoms with Crippen LogP contribution in [-0.2, 0) is 16.2 Å². The van der Waals surface area contributed by atoms with Crippen LogP contribution in [0.1, 0.15) is 79.0 Å². The Hall–Kier alpha value is -7.80. The van der Waals surface area contributed by atoms with Crippen LogP contribution >= 0.6 is 11.3 Å². The standard InChI is InChI=1S/C68H55BN2O2S/c1-66(2,3)40-24-28-43(29-25-40)71-52-37-56-46(44-30-26-42(68(7,8)9)33-55(44)72-56)34-48(52)61-62-63-59(60-45-22-16-17-23-54(45)73-64(60)61)47-32-41(67(4,5)6)27-31-51(47)70(63)53-35-49-57(36-50(53)69(62)71)74-65(39-20-14-11-15-21-39)58(49)38-18-12-10-13-19-38/h10-37H,1-9H3. The predicted octanol–water partition coefficient (Wildman–Crippen LogP) is 18.3. The van der Waals surface area contributed by atoms with Crippen LogP contribution in [0.5, 0.6) is 0 Å². The van der Waals surface area contributed by atoms with Crippen LogP contribution in [0.4, 0.5) is 11.4 Å². The normalized spacial score (nSPS) is 13.7. The summed E-state index contributed by atoms with van der Waals surface area (Å²) in [4.78, 5) is 3.92. The minimum atomic E-state index is -0.242. The van der Waals surface area contributed by atoms with Crippen molar-refractivity contribution in [1.82, 2.24) is 4.57 Å². The highest BCUT2D eigenvalue weighted by molar-refractivity contribution is 7.23. The van der Waals surface area contributed by atoms with Gasteiger partial charge in [-0.15, -0.1) is 11.3 Å². The van der Waals surface area contributed by atoms with E-state index in [2.05, 4.69) is 242 Å². The van der Waals surface area contributed by atoms with Crippen LogP contribution in [0.15, 0.2) is 179 Å². The van der Waals surface area contributed by atoms with E-state index in [1.165, 1.54) is 92.1 Å². The maximum Gasteiger partial charge on any atom is 0.333 e. The Bertz CT molecular complexity index is 4530. The molecule has 74 heavy (non-hydrogen) atoms. The van der Waals surface area contributed by atoms with Crippen molar-refractivity contribution in [2.75, 3.05) is 4.81 Å². The van der Waals surface area contributed by atoms with Crippen molar-refractivity contribution in [2.24, 2.45) is 0 Å². The quantitative estimate of drug-likeness (QED) is 0.166. The summed E-state index contributed by atoms with van der Waals surface area (Å²) in [7, 11) is 0. The average Bonchev–Trinajstić information content (AvgIpc) is 4.20. The van der Waals surface area contributed by atoms with Gasteiger partial charge in [-0.1, -0.05) is 172 Å². The maximum absolute atomic E-state index is 7.40. The molecule has 0 radical (unpaired) electrons. The van der Waals surface area contributed by atoms with E-state index in [-0.39, 0.29) is 23.1 Å². The predicted molar refractivity (Wildman–Crippen MR) is 317 cm³/mol. The number of rotatable bonds is 3. The van der Waals surface area contributed by atoms with Crippen LogP contribution in [0.2, 0.25) is 0 Å². The van der Waals surface area contributed by atoms with Crippen LogP contribution in [-0.4, -0.2) is 11.4 Å². The van der Waals surface area contributed by atoms with Gasteiger partial charge in [-0.2, -0.15) is 0 Å². The number of nitrogens with zero attached hydrogens (tertiary/aromatic N) is 2. The molecule has 358 valence electrons. The number of furan rings is 2. The van der Waals surface area contributed by atoms with Gasteiger partial charge in [0.2, 0.25) is 0 Å². The molecule has 9 aromatic carbocycles. The van der Waals surface area contributed by atoms with Gasteiger partial charge in [0.25, 0.3) is 0 Å². The van der Waals surface area contributed by atoms with E-state index in [0.29, 0.717) is 0 Å². The van der Waals surface area contributed by atoms with Gasteiger partial charge < -0.3 is 18.2 Å². The summed E-state index contributed by atoms with van der Waals surface area (Å²) in [5.74, 6) is 0. The number of fused-ring (bicyclic) bond motifs is 17. The molecule has 0 saturated carbocycles. The van der Waals surface area contributed by atoms with Crippen molar-refractivity contribution in [2.45, 2.75) is 78.6 Å². The molecule has 0 atom stereocenters. The second-order valence-electron chi connectivity index (χ2n) is 24.1. The van der Waals surface area contributed by atoms with Crippen molar-refractivity contribution in [3.05, 3.63) is 187 Å². The van der Waals surface area contributed by atoms with Crippen molar-refractivity contribution in [3.63, 3.8) is 0 Å². The maximum atomic E-state index is 7.40. The summed E-state index contributed by atoms with van der Waals surface area (Å²) in [6.07, 6.45) is 0. The van der Waals surface area contributed by atoms with Crippen LogP contribution in [0.25, 0.3) is 114 Å². The Morgan fingerprint density at radius 1 is 0.459 bits per heavy atom. The minimum absolute atomic E-state index is 0.0155. The number of hydrogen-bond acceptors (Lipinski definition) is 4. The van der Waals surface area contributed by atoms with E-state index >= 15 is 0 Å². The Labute approximate surface area is 435 Å². The Morgan fingerprint density at radius 2 is 1.11 bits per heavy atom. The molecule has 0 aliphatic carbocycles. The number of anilines is 2. The second-order valence-corrected chi connectivity index (χ2v) is 25.1. The molecule has 13 aromatic rings. The van der Waals surface area contributed by atoms with Gasteiger partial charge in [-0.05, 0) is 110 Å². The third-order valence-corrected chi connectivity index (χ3v) is 17.6. The smallest absolute Gasteiger partial charge is 0.333 e. The SMILES string of the molecule is CC(C)(C)c1ccc(N2B3c4cc5sc(-c6ccccc6)c(-c6ccccc6)c5cc4-n4c5ccc(C(C)(C)C)cc5c5c6c(oc7ccccc76)c(c3c54)-c3cc4c(cc32)oc2cc(C(C)(C)C)ccc24)cc1. The fourth-order valence-corrected chi connectivity index (χ4v) is 13.9. The molecule has 0 amide bonds. The summed E-state index contributed by atoms with van der Waals surface area (Å²) < 4.78 is 18.3.